The first-order valence-corrected chi connectivity index (χ1v) is 11.0. The Labute approximate surface area is 189 Å². The average Bonchev–Trinajstić information content (AvgIpc) is 3.50. The molecule has 0 unspecified atom stereocenters. The largest absolute Gasteiger partial charge is 0.416 e. The molecular formula is C23H29F6N3O. The topological polar surface area (TPSA) is 44.4 Å². The molecule has 2 N–H and O–H groups in total. The second-order valence-electron chi connectivity index (χ2n) is 9.26. The Morgan fingerprint density at radius 2 is 1.58 bits per heavy atom. The molecule has 33 heavy (non-hydrogen) atoms. The van der Waals surface area contributed by atoms with Gasteiger partial charge in [-0.05, 0) is 68.5 Å². The molecular weight excluding hydrogens is 448 g/mol. The number of amides is 1. The number of likely N-dealkylation sites (tertiary alicyclic amines) is 1. The van der Waals surface area contributed by atoms with Crippen LogP contribution < -0.4 is 10.6 Å². The zero-order valence-electron chi connectivity index (χ0n) is 18.5. The summed E-state index contributed by atoms with van der Waals surface area (Å²) in [6, 6.07) is 1.48. The van der Waals surface area contributed by atoms with Crippen LogP contribution in [0.25, 0.3) is 5.70 Å². The minimum atomic E-state index is -4.89. The van der Waals surface area contributed by atoms with E-state index >= 15 is 0 Å². The third-order valence-corrected chi connectivity index (χ3v) is 6.51. The highest BCUT2D eigenvalue weighted by atomic mass is 19.4. The monoisotopic (exact) mass is 477 g/mol. The molecule has 1 aromatic carbocycles. The van der Waals surface area contributed by atoms with Gasteiger partial charge in [0.1, 0.15) is 0 Å². The molecule has 2 aliphatic rings. The first kappa shape index (κ1) is 25.4. The Morgan fingerprint density at radius 3 is 2.06 bits per heavy atom. The average molecular weight is 477 g/mol. The maximum atomic E-state index is 13.1. The van der Waals surface area contributed by atoms with Gasteiger partial charge >= 0.3 is 12.4 Å². The van der Waals surface area contributed by atoms with Crippen LogP contribution in [0.1, 0.15) is 49.3 Å². The molecule has 0 spiro atoms. The van der Waals surface area contributed by atoms with Gasteiger partial charge in [0.25, 0.3) is 0 Å². The van der Waals surface area contributed by atoms with Crippen molar-refractivity contribution in [1.29, 1.82) is 0 Å². The molecule has 3 rings (SSSR count). The van der Waals surface area contributed by atoms with Crippen molar-refractivity contribution in [3.8, 4) is 0 Å². The predicted molar refractivity (Wildman–Crippen MR) is 113 cm³/mol. The lowest BCUT2D eigenvalue weighted by Crippen LogP contribution is -2.42. The standard InChI is InChI=1S/C23H29F6N3O/c1-15(17-11-18(22(24,25)26)13-19(12-17)23(27,28)29)31-14-16-3-8-32(9-4-16)10-7-30-20(33)21(2)5-6-21/h11-13,16,31H,1,3-10,14H2,2H3,(H,30,33). The second kappa shape index (κ2) is 9.56. The van der Waals surface area contributed by atoms with Gasteiger partial charge in [-0.1, -0.05) is 13.5 Å². The highest BCUT2D eigenvalue weighted by Crippen LogP contribution is 2.45. The van der Waals surface area contributed by atoms with Crippen molar-refractivity contribution in [2.45, 2.75) is 45.0 Å². The lowest BCUT2D eigenvalue weighted by Gasteiger charge is -2.32. The SMILES string of the molecule is C=C(NCC1CCN(CCNC(=O)C2(C)CC2)CC1)c1cc(C(F)(F)F)cc(C(F)(F)F)c1. The second-order valence-corrected chi connectivity index (χ2v) is 9.26. The molecule has 2 fully saturated rings. The summed E-state index contributed by atoms with van der Waals surface area (Å²) >= 11 is 0. The minimum absolute atomic E-state index is 0.0327. The van der Waals surface area contributed by atoms with Crippen LogP contribution in [-0.4, -0.2) is 43.5 Å². The van der Waals surface area contributed by atoms with E-state index in [-0.39, 0.29) is 34.6 Å². The van der Waals surface area contributed by atoms with Gasteiger partial charge in [-0.25, -0.2) is 0 Å². The fraction of sp³-hybridized carbons (Fsp3) is 0.609. The Balaban J connectivity index is 1.47. The number of piperidine rings is 1. The molecule has 0 atom stereocenters. The van der Waals surface area contributed by atoms with Crippen molar-refractivity contribution >= 4 is 11.6 Å². The van der Waals surface area contributed by atoms with E-state index in [0.717, 1.165) is 45.3 Å². The Bertz CT molecular complexity index is 836. The van der Waals surface area contributed by atoms with Crippen LogP contribution in [-0.2, 0) is 17.1 Å². The number of halogens is 6. The molecule has 1 heterocycles. The van der Waals surface area contributed by atoms with E-state index in [4.69, 9.17) is 0 Å². The van der Waals surface area contributed by atoms with E-state index in [1.807, 2.05) is 6.92 Å². The molecule has 0 aromatic heterocycles. The van der Waals surface area contributed by atoms with Crippen LogP contribution in [0, 0.1) is 11.3 Å². The van der Waals surface area contributed by atoms with Gasteiger partial charge in [0.05, 0.1) is 11.1 Å². The smallest absolute Gasteiger partial charge is 0.385 e. The van der Waals surface area contributed by atoms with E-state index in [9.17, 15) is 31.1 Å². The fourth-order valence-corrected chi connectivity index (χ4v) is 3.87. The van der Waals surface area contributed by atoms with Gasteiger partial charge in [-0.2, -0.15) is 26.3 Å². The van der Waals surface area contributed by atoms with Gasteiger partial charge in [0, 0.05) is 30.7 Å². The molecule has 1 saturated carbocycles. The molecule has 10 heteroatoms. The van der Waals surface area contributed by atoms with E-state index < -0.39 is 23.5 Å². The van der Waals surface area contributed by atoms with Crippen LogP contribution in [0.3, 0.4) is 0 Å². The Morgan fingerprint density at radius 1 is 1.03 bits per heavy atom. The van der Waals surface area contributed by atoms with E-state index in [0.29, 0.717) is 25.2 Å². The van der Waals surface area contributed by atoms with Crippen molar-refractivity contribution in [2.75, 3.05) is 32.7 Å². The predicted octanol–water partition coefficient (Wildman–Crippen LogP) is 4.91. The third kappa shape index (κ3) is 6.88. The number of carbonyl (C=O) groups is 1. The number of benzene rings is 1. The summed E-state index contributed by atoms with van der Waals surface area (Å²) in [5.74, 6) is 0.328. The summed E-state index contributed by atoms with van der Waals surface area (Å²) in [5, 5.41) is 5.89. The Hall–Kier alpha value is -2.23. The van der Waals surface area contributed by atoms with Gasteiger partial charge in [-0.3, -0.25) is 4.79 Å². The number of hydrogen-bond acceptors (Lipinski definition) is 3. The maximum Gasteiger partial charge on any atom is 0.416 e. The van der Waals surface area contributed by atoms with E-state index in [1.165, 1.54) is 0 Å². The van der Waals surface area contributed by atoms with Gasteiger partial charge < -0.3 is 15.5 Å². The zero-order chi connectivity index (χ0) is 24.4. The van der Waals surface area contributed by atoms with Crippen LogP contribution in [0.4, 0.5) is 26.3 Å². The molecule has 1 saturated heterocycles. The maximum absolute atomic E-state index is 13.1. The Kier molecular flexibility index (Phi) is 7.36. The van der Waals surface area contributed by atoms with Gasteiger partial charge in [0.15, 0.2) is 0 Å². The van der Waals surface area contributed by atoms with Crippen molar-refractivity contribution in [1.82, 2.24) is 15.5 Å². The quantitative estimate of drug-likeness (QED) is 0.523. The van der Waals surface area contributed by atoms with Gasteiger partial charge in [0.2, 0.25) is 5.91 Å². The summed E-state index contributed by atoms with van der Waals surface area (Å²) in [7, 11) is 0. The first-order chi connectivity index (χ1) is 15.3. The summed E-state index contributed by atoms with van der Waals surface area (Å²) < 4.78 is 78.4. The molecule has 184 valence electrons. The lowest BCUT2D eigenvalue weighted by atomic mass is 9.96. The van der Waals surface area contributed by atoms with Gasteiger partial charge in [-0.15, -0.1) is 0 Å². The molecule has 4 nitrogen and oxygen atoms in total. The van der Waals surface area contributed by atoms with Crippen molar-refractivity contribution in [2.24, 2.45) is 11.3 Å². The number of nitrogens with one attached hydrogen (secondary N) is 2. The zero-order valence-corrected chi connectivity index (χ0v) is 18.5. The molecule has 0 radical (unpaired) electrons. The molecule has 0 bridgehead atoms. The number of carbonyl (C=O) groups excluding carboxylic acids is 1. The number of hydrogen-bond donors (Lipinski definition) is 2. The summed E-state index contributed by atoms with van der Waals surface area (Å²) in [6.45, 7) is 8.99. The van der Waals surface area contributed by atoms with Crippen LogP contribution in [0.2, 0.25) is 0 Å². The number of nitrogens with zero attached hydrogens (tertiary/aromatic N) is 1. The van der Waals surface area contributed by atoms with E-state index in [1.54, 1.807) is 0 Å². The summed E-state index contributed by atoms with van der Waals surface area (Å²) in [6.07, 6.45) is -6.25. The van der Waals surface area contributed by atoms with Crippen molar-refractivity contribution in [3.63, 3.8) is 0 Å². The highest BCUT2D eigenvalue weighted by molar-refractivity contribution is 5.84. The molecule has 1 aliphatic carbocycles. The lowest BCUT2D eigenvalue weighted by molar-refractivity contribution is -0.143. The number of alkyl halides is 6. The summed E-state index contributed by atoms with van der Waals surface area (Å²) in [4.78, 5) is 14.2. The molecule has 1 amide bonds. The normalized spacial score (nSPS) is 19.2. The van der Waals surface area contributed by atoms with Crippen LogP contribution in [0.5, 0.6) is 0 Å². The summed E-state index contributed by atoms with van der Waals surface area (Å²) in [5.41, 5.74) is -3.10. The van der Waals surface area contributed by atoms with Crippen LogP contribution in [0.15, 0.2) is 24.8 Å². The van der Waals surface area contributed by atoms with Crippen molar-refractivity contribution in [3.05, 3.63) is 41.5 Å². The first-order valence-electron chi connectivity index (χ1n) is 11.0. The number of rotatable bonds is 8. The fourth-order valence-electron chi connectivity index (χ4n) is 3.87. The van der Waals surface area contributed by atoms with Crippen LogP contribution >= 0.6 is 0 Å². The van der Waals surface area contributed by atoms with E-state index in [2.05, 4.69) is 22.1 Å². The van der Waals surface area contributed by atoms with Crippen molar-refractivity contribution < 1.29 is 31.1 Å². The minimum Gasteiger partial charge on any atom is -0.385 e. The molecule has 1 aromatic rings. The third-order valence-electron chi connectivity index (χ3n) is 6.51. The highest BCUT2D eigenvalue weighted by Gasteiger charge is 2.44. The molecule has 1 aliphatic heterocycles.